The quantitative estimate of drug-likeness (QED) is 0.620. The summed E-state index contributed by atoms with van der Waals surface area (Å²) in [6, 6.07) is 11.0. The van der Waals surface area contributed by atoms with Gasteiger partial charge in [0, 0.05) is 18.4 Å². The highest BCUT2D eigenvalue weighted by Gasteiger charge is 2.29. The normalized spacial score (nSPS) is 19.9. The molecule has 2 atom stereocenters. The predicted octanol–water partition coefficient (Wildman–Crippen LogP) is 3.97. The van der Waals surface area contributed by atoms with Crippen LogP contribution in [0, 0.1) is 0 Å². The van der Waals surface area contributed by atoms with Crippen LogP contribution in [0.15, 0.2) is 78.3 Å². The second-order valence-electron chi connectivity index (χ2n) is 6.47. The van der Waals surface area contributed by atoms with E-state index in [0.717, 1.165) is 12.8 Å². The van der Waals surface area contributed by atoms with E-state index in [1.807, 2.05) is 12.1 Å². The van der Waals surface area contributed by atoms with Gasteiger partial charge >= 0.3 is 0 Å². The topological polar surface area (TPSA) is 67.9 Å². The van der Waals surface area contributed by atoms with E-state index in [9.17, 15) is 0 Å². The van der Waals surface area contributed by atoms with Gasteiger partial charge in [0.05, 0.1) is 18.8 Å². The molecule has 3 heterocycles. The van der Waals surface area contributed by atoms with E-state index in [2.05, 4.69) is 68.0 Å². The summed E-state index contributed by atoms with van der Waals surface area (Å²) in [7, 11) is 0. The number of nitrogens with zero attached hydrogens (tertiary/aromatic N) is 5. The number of aromatic nitrogens is 4. The molecule has 0 unspecified atom stereocenters. The van der Waals surface area contributed by atoms with Crippen molar-refractivity contribution in [3.8, 4) is 11.5 Å². The molecule has 4 rings (SSSR count). The van der Waals surface area contributed by atoms with Gasteiger partial charge in [0.15, 0.2) is 0 Å². The molecule has 0 N–H and O–H groups in total. The molecule has 1 aromatic carbocycles. The third-order valence-corrected chi connectivity index (χ3v) is 4.71. The second-order valence-corrected chi connectivity index (χ2v) is 6.47. The zero-order chi connectivity index (χ0) is 18.5. The van der Waals surface area contributed by atoms with E-state index in [1.165, 1.54) is 5.56 Å². The van der Waals surface area contributed by atoms with Gasteiger partial charge in [-0.3, -0.25) is 9.88 Å². The van der Waals surface area contributed by atoms with Crippen LogP contribution in [0.5, 0.6) is 0 Å². The van der Waals surface area contributed by atoms with Crippen molar-refractivity contribution in [2.45, 2.75) is 31.5 Å². The van der Waals surface area contributed by atoms with E-state index in [4.69, 9.17) is 4.52 Å². The maximum atomic E-state index is 5.51. The number of hydrogen-bond donors (Lipinski definition) is 0. The molecule has 1 aliphatic rings. The van der Waals surface area contributed by atoms with Crippen LogP contribution < -0.4 is 0 Å². The summed E-state index contributed by atoms with van der Waals surface area (Å²) in [5, 5.41) is 4.07. The summed E-state index contributed by atoms with van der Waals surface area (Å²) in [6.45, 7) is 4.49. The van der Waals surface area contributed by atoms with E-state index in [1.54, 1.807) is 18.6 Å². The maximum absolute atomic E-state index is 5.51. The number of hydrogen-bond acceptors (Lipinski definition) is 6. The van der Waals surface area contributed by atoms with Gasteiger partial charge in [-0.05, 0) is 18.4 Å². The number of rotatable bonds is 6. The lowest BCUT2D eigenvalue weighted by Crippen LogP contribution is -2.39. The lowest BCUT2D eigenvalue weighted by atomic mass is 9.95. The van der Waals surface area contributed by atoms with Crippen molar-refractivity contribution >= 4 is 0 Å². The molecule has 136 valence electrons. The molecule has 0 amide bonds. The van der Waals surface area contributed by atoms with Gasteiger partial charge < -0.3 is 4.52 Å². The van der Waals surface area contributed by atoms with Crippen LogP contribution in [0.2, 0.25) is 0 Å². The van der Waals surface area contributed by atoms with Crippen LogP contribution in [0.25, 0.3) is 11.5 Å². The Bertz CT molecular complexity index is 907. The number of benzene rings is 1. The highest BCUT2D eigenvalue weighted by molar-refractivity contribution is 5.45. The molecule has 2 aromatic heterocycles. The first-order valence-corrected chi connectivity index (χ1v) is 9.02. The average molecular weight is 359 g/mol. The van der Waals surface area contributed by atoms with Crippen molar-refractivity contribution in [3.05, 3.63) is 85.2 Å². The molecule has 6 nitrogen and oxygen atoms in total. The molecular weight excluding hydrogens is 338 g/mol. The molecule has 0 spiro atoms. The Morgan fingerprint density at radius 3 is 2.89 bits per heavy atom. The second kappa shape index (κ2) is 8.05. The molecule has 27 heavy (non-hydrogen) atoms. The summed E-state index contributed by atoms with van der Waals surface area (Å²) >= 11 is 0. The fourth-order valence-corrected chi connectivity index (χ4v) is 3.44. The molecule has 0 radical (unpaired) electrons. The van der Waals surface area contributed by atoms with Gasteiger partial charge in [-0.15, -0.1) is 6.58 Å². The van der Waals surface area contributed by atoms with E-state index >= 15 is 0 Å². The van der Waals surface area contributed by atoms with Gasteiger partial charge in [0.2, 0.25) is 11.7 Å². The Morgan fingerprint density at radius 1 is 1.22 bits per heavy atom. The van der Waals surface area contributed by atoms with E-state index in [0.29, 0.717) is 30.0 Å². The minimum Gasteiger partial charge on any atom is -0.337 e. The highest BCUT2D eigenvalue weighted by atomic mass is 16.5. The summed E-state index contributed by atoms with van der Waals surface area (Å²) in [4.78, 5) is 15.2. The maximum Gasteiger partial charge on any atom is 0.241 e. The van der Waals surface area contributed by atoms with Crippen LogP contribution in [-0.2, 0) is 6.54 Å². The Hall–Kier alpha value is -3.12. The molecule has 3 aromatic rings. The van der Waals surface area contributed by atoms with Crippen LogP contribution in [-0.4, -0.2) is 31.1 Å². The molecule has 6 heteroatoms. The minimum atomic E-state index is 0.164. The van der Waals surface area contributed by atoms with Crippen molar-refractivity contribution in [1.82, 2.24) is 25.0 Å². The van der Waals surface area contributed by atoms with Crippen molar-refractivity contribution in [2.24, 2.45) is 0 Å². The predicted molar refractivity (Wildman–Crippen MR) is 102 cm³/mol. The summed E-state index contributed by atoms with van der Waals surface area (Å²) in [5.41, 5.74) is 1.85. The Morgan fingerprint density at radius 2 is 2.11 bits per heavy atom. The first-order valence-electron chi connectivity index (χ1n) is 9.02. The third-order valence-electron chi connectivity index (χ3n) is 4.71. The fraction of sp³-hybridized carbons (Fsp3) is 0.238. The Kier molecular flexibility index (Phi) is 5.16. The molecule has 0 bridgehead atoms. The standard InChI is InChI=1S/C21H21N5O/c1-2-7-17-10-6-11-19(16-8-4-3-5-9-16)26(17)15-20-24-21(25-27-20)18-14-22-12-13-23-18/h2-6,8-9,11-14,17,19H,1,7,10,15H2/t17-,19+/m1/s1. The summed E-state index contributed by atoms with van der Waals surface area (Å²) in [5.74, 6) is 1.03. The smallest absolute Gasteiger partial charge is 0.241 e. The van der Waals surface area contributed by atoms with E-state index < -0.39 is 0 Å². The Labute approximate surface area is 158 Å². The van der Waals surface area contributed by atoms with Crippen LogP contribution >= 0.6 is 0 Å². The SMILES string of the molecule is C=CC[C@@H]1CC=C[C@@H](c2ccccc2)N1Cc1nc(-c2cnccn2)no1. The molecular formula is C21H21N5O. The highest BCUT2D eigenvalue weighted by Crippen LogP contribution is 2.32. The lowest BCUT2D eigenvalue weighted by molar-refractivity contribution is 0.123. The first kappa shape index (κ1) is 17.3. The monoisotopic (exact) mass is 359 g/mol. The van der Waals surface area contributed by atoms with Crippen molar-refractivity contribution in [3.63, 3.8) is 0 Å². The minimum absolute atomic E-state index is 0.164. The van der Waals surface area contributed by atoms with Gasteiger partial charge in [0.1, 0.15) is 5.69 Å². The zero-order valence-electron chi connectivity index (χ0n) is 15.0. The molecule has 0 saturated heterocycles. The summed E-state index contributed by atoms with van der Waals surface area (Å²) in [6.07, 6.45) is 13.2. The van der Waals surface area contributed by atoms with Gasteiger partial charge in [0.25, 0.3) is 0 Å². The van der Waals surface area contributed by atoms with E-state index in [-0.39, 0.29) is 6.04 Å². The molecule has 1 aliphatic heterocycles. The van der Waals surface area contributed by atoms with Crippen molar-refractivity contribution < 1.29 is 4.52 Å². The average Bonchev–Trinajstić information content (AvgIpc) is 3.19. The zero-order valence-corrected chi connectivity index (χ0v) is 15.0. The first-order chi connectivity index (χ1) is 13.3. The lowest BCUT2D eigenvalue weighted by Gasteiger charge is -2.38. The largest absolute Gasteiger partial charge is 0.337 e. The molecule has 0 saturated carbocycles. The molecule has 0 aliphatic carbocycles. The van der Waals surface area contributed by atoms with Gasteiger partial charge in [-0.2, -0.15) is 4.98 Å². The van der Waals surface area contributed by atoms with Crippen molar-refractivity contribution in [2.75, 3.05) is 0 Å². The molecule has 0 fully saturated rings. The third kappa shape index (κ3) is 3.85. The van der Waals surface area contributed by atoms with Gasteiger partial charge in [-0.1, -0.05) is 53.7 Å². The summed E-state index contributed by atoms with van der Waals surface area (Å²) < 4.78 is 5.51. The van der Waals surface area contributed by atoms with Crippen molar-refractivity contribution in [1.29, 1.82) is 0 Å². The van der Waals surface area contributed by atoms with Gasteiger partial charge in [-0.25, -0.2) is 4.98 Å². The fourth-order valence-electron chi connectivity index (χ4n) is 3.44. The van der Waals surface area contributed by atoms with Crippen LogP contribution in [0.4, 0.5) is 0 Å². The Balaban J connectivity index is 1.61. The van der Waals surface area contributed by atoms with Crippen LogP contribution in [0.3, 0.4) is 0 Å². The van der Waals surface area contributed by atoms with Crippen LogP contribution in [0.1, 0.15) is 30.3 Å².